The van der Waals surface area contributed by atoms with Crippen LogP contribution in [0.25, 0.3) is 0 Å². The van der Waals surface area contributed by atoms with Crippen molar-refractivity contribution in [3.63, 3.8) is 0 Å². The quantitative estimate of drug-likeness (QED) is 0.556. The fraction of sp³-hybridized carbons (Fsp3) is 0.714. The molecule has 3 heteroatoms. The van der Waals surface area contributed by atoms with Gasteiger partial charge in [-0.05, 0) is 49.4 Å². The molecule has 1 aromatic rings. The summed E-state index contributed by atoms with van der Waals surface area (Å²) in [6.45, 7) is 5.04. The van der Waals surface area contributed by atoms with E-state index in [1.54, 1.807) is 7.11 Å². The molecule has 0 saturated heterocycles. The number of rotatable bonds is 11. The van der Waals surface area contributed by atoms with Gasteiger partial charge in [-0.25, -0.2) is 0 Å². The van der Waals surface area contributed by atoms with Crippen LogP contribution in [0.2, 0.25) is 0 Å². The van der Waals surface area contributed by atoms with Crippen molar-refractivity contribution < 1.29 is 9.47 Å². The van der Waals surface area contributed by atoms with Crippen molar-refractivity contribution in [1.82, 2.24) is 5.32 Å². The average molecular weight is 334 g/mol. The van der Waals surface area contributed by atoms with E-state index in [1.165, 1.54) is 56.9 Å². The molecule has 1 N–H and O–H groups in total. The Morgan fingerprint density at radius 1 is 1.04 bits per heavy atom. The molecule has 1 aliphatic carbocycles. The molecule has 0 heterocycles. The Kier molecular flexibility index (Phi) is 9.04. The maximum atomic E-state index is 5.88. The highest BCUT2D eigenvalue weighted by atomic mass is 16.5. The molecular formula is C21H35NO2. The highest BCUT2D eigenvalue weighted by Gasteiger charge is 2.13. The molecule has 1 saturated carbocycles. The zero-order chi connectivity index (χ0) is 17.0. The molecule has 136 valence electrons. The molecule has 0 aliphatic heterocycles. The molecule has 0 amide bonds. The first kappa shape index (κ1) is 19.1. The van der Waals surface area contributed by atoms with Crippen LogP contribution in [0, 0.1) is 5.92 Å². The second kappa shape index (κ2) is 11.4. The summed E-state index contributed by atoms with van der Waals surface area (Å²) in [4.78, 5) is 0. The topological polar surface area (TPSA) is 30.5 Å². The minimum Gasteiger partial charge on any atom is -0.493 e. The second-order valence-electron chi connectivity index (χ2n) is 7.03. The van der Waals surface area contributed by atoms with Crippen LogP contribution in [0.5, 0.6) is 11.5 Å². The van der Waals surface area contributed by atoms with Crippen LogP contribution < -0.4 is 14.8 Å². The summed E-state index contributed by atoms with van der Waals surface area (Å²) in [5.41, 5.74) is 1.26. The largest absolute Gasteiger partial charge is 0.493 e. The Hall–Kier alpha value is -1.22. The van der Waals surface area contributed by atoms with Gasteiger partial charge in [-0.2, -0.15) is 0 Å². The van der Waals surface area contributed by atoms with Gasteiger partial charge in [0.2, 0.25) is 0 Å². The SMILES string of the molecule is CCCCCCOc1ccc(CNCC2CCCCC2)cc1OC. The van der Waals surface area contributed by atoms with Crippen molar-refractivity contribution in [3.8, 4) is 11.5 Å². The molecule has 2 rings (SSSR count). The standard InChI is InChI=1S/C21H35NO2/c1-3-4-5-9-14-24-20-13-12-19(15-21(20)23-2)17-22-16-18-10-7-6-8-11-18/h12-13,15,18,22H,3-11,14,16-17H2,1-2H3. The summed E-state index contributed by atoms with van der Waals surface area (Å²) in [7, 11) is 1.72. The van der Waals surface area contributed by atoms with Crippen molar-refractivity contribution in [3.05, 3.63) is 23.8 Å². The molecule has 1 fully saturated rings. The zero-order valence-corrected chi connectivity index (χ0v) is 15.6. The van der Waals surface area contributed by atoms with Crippen LogP contribution in [-0.2, 0) is 6.54 Å². The lowest BCUT2D eigenvalue weighted by Crippen LogP contribution is -2.24. The Morgan fingerprint density at radius 3 is 2.62 bits per heavy atom. The van der Waals surface area contributed by atoms with E-state index in [1.807, 2.05) is 0 Å². The van der Waals surface area contributed by atoms with Crippen LogP contribution >= 0.6 is 0 Å². The van der Waals surface area contributed by atoms with Gasteiger partial charge >= 0.3 is 0 Å². The van der Waals surface area contributed by atoms with E-state index >= 15 is 0 Å². The Bertz CT molecular complexity index is 455. The van der Waals surface area contributed by atoms with E-state index < -0.39 is 0 Å². The number of hydrogen-bond donors (Lipinski definition) is 1. The number of benzene rings is 1. The second-order valence-corrected chi connectivity index (χ2v) is 7.03. The maximum absolute atomic E-state index is 5.88. The molecule has 0 spiro atoms. The third kappa shape index (κ3) is 6.72. The van der Waals surface area contributed by atoms with Gasteiger partial charge in [-0.3, -0.25) is 0 Å². The van der Waals surface area contributed by atoms with E-state index in [0.717, 1.165) is 43.5 Å². The van der Waals surface area contributed by atoms with Gasteiger partial charge in [0, 0.05) is 6.54 Å². The maximum Gasteiger partial charge on any atom is 0.161 e. The van der Waals surface area contributed by atoms with Gasteiger partial charge < -0.3 is 14.8 Å². The van der Waals surface area contributed by atoms with Crippen LogP contribution in [-0.4, -0.2) is 20.3 Å². The zero-order valence-electron chi connectivity index (χ0n) is 15.6. The Morgan fingerprint density at radius 2 is 1.88 bits per heavy atom. The minimum absolute atomic E-state index is 0.773. The molecule has 0 unspecified atom stereocenters. The van der Waals surface area contributed by atoms with Crippen LogP contribution in [0.1, 0.15) is 70.3 Å². The van der Waals surface area contributed by atoms with E-state index in [-0.39, 0.29) is 0 Å². The first-order valence-electron chi connectivity index (χ1n) is 9.84. The molecule has 0 radical (unpaired) electrons. The number of methoxy groups -OCH3 is 1. The molecule has 24 heavy (non-hydrogen) atoms. The monoisotopic (exact) mass is 333 g/mol. The first-order valence-corrected chi connectivity index (χ1v) is 9.84. The number of ether oxygens (including phenoxy) is 2. The molecule has 0 atom stereocenters. The third-order valence-electron chi connectivity index (χ3n) is 4.97. The highest BCUT2D eigenvalue weighted by molar-refractivity contribution is 5.42. The Labute approximate surface area is 148 Å². The number of unbranched alkanes of at least 4 members (excludes halogenated alkanes) is 3. The van der Waals surface area contributed by atoms with Crippen LogP contribution in [0.4, 0.5) is 0 Å². The number of nitrogens with one attached hydrogen (secondary N) is 1. The summed E-state index contributed by atoms with van der Waals surface area (Å²) < 4.78 is 11.4. The molecule has 3 nitrogen and oxygen atoms in total. The molecule has 1 aromatic carbocycles. The first-order chi connectivity index (χ1) is 11.8. The van der Waals surface area contributed by atoms with Gasteiger partial charge in [0.05, 0.1) is 13.7 Å². The van der Waals surface area contributed by atoms with Crippen molar-refractivity contribution in [2.24, 2.45) is 5.92 Å². The lowest BCUT2D eigenvalue weighted by Gasteiger charge is -2.22. The minimum atomic E-state index is 0.773. The fourth-order valence-corrected chi connectivity index (χ4v) is 3.46. The predicted octanol–water partition coefficient (Wildman–Crippen LogP) is 5.32. The van der Waals surface area contributed by atoms with Gasteiger partial charge in [-0.1, -0.05) is 51.5 Å². The van der Waals surface area contributed by atoms with Crippen molar-refractivity contribution in [2.75, 3.05) is 20.3 Å². The normalized spacial score (nSPS) is 15.4. The number of hydrogen-bond acceptors (Lipinski definition) is 3. The molecule has 1 aliphatic rings. The molecule has 0 bridgehead atoms. The van der Waals surface area contributed by atoms with E-state index in [2.05, 4.69) is 30.4 Å². The lowest BCUT2D eigenvalue weighted by atomic mass is 9.89. The Balaban J connectivity index is 1.75. The summed E-state index contributed by atoms with van der Waals surface area (Å²) >= 11 is 0. The van der Waals surface area contributed by atoms with Crippen molar-refractivity contribution >= 4 is 0 Å². The summed E-state index contributed by atoms with van der Waals surface area (Å²) in [5.74, 6) is 2.58. The van der Waals surface area contributed by atoms with Crippen LogP contribution in [0.15, 0.2) is 18.2 Å². The highest BCUT2D eigenvalue weighted by Crippen LogP contribution is 2.28. The average Bonchev–Trinajstić information content (AvgIpc) is 2.63. The van der Waals surface area contributed by atoms with Crippen molar-refractivity contribution in [1.29, 1.82) is 0 Å². The van der Waals surface area contributed by atoms with Gasteiger partial charge in [0.1, 0.15) is 0 Å². The fourth-order valence-electron chi connectivity index (χ4n) is 3.46. The van der Waals surface area contributed by atoms with E-state index in [9.17, 15) is 0 Å². The molecule has 0 aromatic heterocycles. The summed E-state index contributed by atoms with van der Waals surface area (Å²) in [5, 5.41) is 3.61. The summed E-state index contributed by atoms with van der Waals surface area (Å²) in [6, 6.07) is 6.31. The predicted molar refractivity (Wildman–Crippen MR) is 101 cm³/mol. The van der Waals surface area contributed by atoms with E-state index in [4.69, 9.17) is 9.47 Å². The lowest BCUT2D eigenvalue weighted by molar-refractivity contribution is 0.285. The van der Waals surface area contributed by atoms with E-state index in [0.29, 0.717) is 0 Å². The van der Waals surface area contributed by atoms with Gasteiger partial charge in [0.15, 0.2) is 11.5 Å². The van der Waals surface area contributed by atoms with Crippen LogP contribution in [0.3, 0.4) is 0 Å². The molecular weight excluding hydrogens is 298 g/mol. The third-order valence-corrected chi connectivity index (χ3v) is 4.97. The van der Waals surface area contributed by atoms with Gasteiger partial charge in [0.25, 0.3) is 0 Å². The van der Waals surface area contributed by atoms with Gasteiger partial charge in [-0.15, -0.1) is 0 Å². The van der Waals surface area contributed by atoms with Crippen molar-refractivity contribution in [2.45, 2.75) is 71.3 Å². The summed E-state index contributed by atoms with van der Waals surface area (Å²) in [6.07, 6.45) is 11.9. The smallest absolute Gasteiger partial charge is 0.161 e.